The Morgan fingerprint density at radius 2 is 1.81 bits per heavy atom. The summed E-state index contributed by atoms with van der Waals surface area (Å²) in [5, 5.41) is 23.0. The Labute approximate surface area is 200 Å². The van der Waals surface area contributed by atoms with Gasteiger partial charge in [0.25, 0.3) is 11.6 Å². The molecule has 7 nitrogen and oxygen atoms in total. The number of amides is 1. The molecule has 9 heteroatoms. The number of nitrogens with one attached hydrogen (secondary N) is 1. The summed E-state index contributed by atoms with van der Waals surface area (Å²) in [5.41, 5.74) is 1.35. The average Bonchev–Trinajstić information content (AvgIpc) is 2.78. The fourth-order valence-electron chi connectivity index (χ4n) is 2.71. The normalized spacial score (nSPS) is 10.8. The van der Waals surface area contributed by atoms with Gasteiger partial charge in [0.15, 0.2) is 0 Å². The number of carbonyl (C=O) groups is 1. The summed E-state index contributed by atoms with van der Waals surface area (Å²) in [6.07, 6.45) is 1.41. The van der Waals surface area contributed by atoms with Crippen LogP contribution in [0, 0.1) is 21.4 Å². The van der Waals surface area contributed by atoms with E-state index in [9.17, 15) is 20.2 Å². The minimum atomic E-state index is -0.688. The standard InChI is InChI=1S/C23H15Br2N3O4/c24-18-6-4-15(5-7-18)14-32-22-9-8-19(25)11-16(22)10-17(13-26)23(29)27-20-2-1-3-21(12-20)28(30)31/h1-12H,14H2,(H,27,29)/b17-10+. The molecule has 1 amide bonds. The number of hydrogen-bond acceptors (Lipinski definition) is 5. The van der Waals surface area contributed by atoms with Crippen molar-refractivity contribution in [3.8, 4) is 11.8 Å². The number of nitro benzene ring substituents is 1. The lowest BCUT2D eigenvalue weighted by Gasteiger charge is -2.11. The van der Waals surface area contributed by atoms with Gasteiger partial charge in [-0.05, 0) is 48.0 Å². The molecule has 0 saturated carbocycles. The van der Waals surface area contributed by atoms with Crippen molar-refractivity contribution in [3.63, 3.8) is 0 Å². The van der Waals surface area contributed by atoms with Gasteiger partial charge in [0.2, 0.25) is 0 Å². The summed E-state index contributed by atoms with van der Waals surface area (Å²) < 4.78 is 7.61. The molecule has 3 aromatic rings. The molecular formula is C23H15Br2N3O4. The van der Waals surface area contributed by atoms with E-state index in [1.165, 1.54) is 30.3 Å². The number of non-ortho nitro benzene ring substituents is 1. The molecule has 0 unspecified atom stereocenters. The lowest BCUT2D eigenvalue weighted by Crippen LogP contribution is -2.13. The van der Waals surface area contributed by atoms with Gasteiger partial charge in [0.05, 0.1) is 4.92 Å². The highest BCUT2D eigenvalue weighted by atomic mass is 79.9. The third kappa shape index (κ3) is 6.26. The number of rotatable bonds is 7. The van der Waals surface area contributed by atoms with Crippen molar-refractivity contribution in [1.82, 2.24) is 0 Å². The van der Waals surface area contributed by atoms with E-state index < -0.39 is 10.8 Å². The zero-order chi connectivity index (χ0) is 23.1. The number of nitro groups is 1. The molecule has 160 valence electrons. The fraction of sp³-hybridized carbons (Fsp3) is 0.0435. The van der Waals surface area contributed by atoms with Gasteiger partial charge in [-0.15, -0.1) is 0 Å². The second kappa shape index (κ2) is 10.7. The van der Waals surface area contributed by atoms with Crippen LogP contribution in [-0.2, 0) is 11.4 Å². The van der Waals surface area contributed by atoms with E-state index in [4.69, 9.17) is 4.74 Å². The number of benzene rings is 3. The third-order valence-corrected chi connectivity index (χ3v) is 5.28. The smallest absolute Gasteiger partial charge is 0.271 e. The molecule has 0 radical (unpaired) electrons. The van der Waals surface area contributed by atoms with Gasteiger partial charge in [-0.1, -0.05) is 50.1 Å². The number of carbonyl (C=O) groups excluding carboxylic acids is 1. The quantitative estimate of drug-likeness (QED) is 0.160. The van der Waals surface area contributed by atoms with Gasteiger partial charge in [-0.2, -0.15) is 5.26 Å². The van der Waals surface area contributed by atoms with Crippen LogP contribution in [0.4, 0.5) is 11.4 Å². The predicted octanol–water partition coefficient (Wildman–Crippen LogP) is 6.24. The molecule has 0 heterocycles. The molecule has 32 heavy (non-hydrogen) atoms. The van der Waals surface area contributed by atoms with E-state index in [1.807, 2.05) is 30.3 Å². The van der Waals surface area contributed by atoms with Crippen molar-refractivity contribution < 1.29 is 14.5 Å². The monoisotopic (exact) mass is 555 g/mol. The maximum absolute atomic E-state index is 12.6. The van der Waals surface area contributed by atoms with Gasteiger partial charge in [-0.3, -0.25) is 14.9 Å². The highest BCUT2D eigenvalue weighted by Gasteiger charge is 2.14. The van der Waals surface area contributed by atoms with Crippen molar-refractivity contribution >= 4 is 55.2 Å². The Morgan fingerprint density at radius 3 is 2.50 bits per heavy atom. The minimum absolute atomic E-state index is 0.166. The SMILES string of the molecule is N#C/C(=C\c1cc(Br)ccc1OCc1ccc(Br)cc1)C(=O)Nc1cccc([N+](=O)[O-])c1. The Morgan fingerprint density at radius 1 is 1.09 bits per heavy atom. The van der Waals surface area contributed by atoms with Crippen molar-refractivity contribution in [3.05, 3.63) is 102 Å². The molecule has 1 N–H and O–H groups in total. The highest BCUT2D eigenvalue weighted by molar-refractivity contribution is 9.10. The number of hydrogen-bond donors (Lipinski definition) is 1. The number of ether oxygens (including phenoxy) is 1. The van der Waals surface area contributed by atoms with Crippen LogP contribution in [0.25, 0.3) is 6.08 Å². The van der Waals surface area contributed by atoms with Gasteiger partial charge in [0, 0.05) is 32.3 Å². The number of anilines is 1. The summed E-state index contributed by atoms with van der Waals surface area (Å²) in [5.74, 6) is -0.196. The molecule has 0 aliphatic carbocycles. The van der Waals surface area contributed by atoms with Gasteiger partial charge in [0.1, 0.15) is 24.0 Å². The van der Waals surface area contributed by atoms with Crippen LogP contribution in [-0.4, -0.2) is 10.8 Å². The molecule has 0 aromatic heterocycles. The highest BCUT2D eigenvalue weighted by Crippen LogP contribution is 2.27. The number of halogens is 2. The summed E-state index contributed by atoms with van der Waals surface area (Å²) >= 11 is 6.78. The topological polar surface area (TPSA) is 105 Å². The summed E-state index contributed by atoms with van der Waals surface area (Å²) in [7, 11) is 0. The Hall–Kier alpha value is -3.48. The van der Waals surface area contributed by atoms with E-state index in [1.54, 1.807) is 18.2 Å². The van der Waals surface area contributed by atoms with Crippen LogP contribution in [0.15, 0.2) is 81.2 Å². The Kier molecular flexibility index (Phi) is 7.76. The minimum Gasteiger partial charge on any atom is -0.488 e. The average molecular weight is 557 g/mol. The largest absolute Gasteiger partial charge is 0.488 e. The maximum atomic E-state index is 12.6. The third-order valence-electron chi connectivity index (χ3n) is 4.26. The molecule has 0 aliphatic heterocycles. The second-order valence-corrected chi connectivity index (χ2v) is 8.36. The fourth-order valence-corrected chi connectivity index (χ4v) is 3.35. The van der Waals surface area contributed by atoms with Crippen molar-refractivity contribution in [2.24, 2.45) is 0 Å². The molecule has 0 atom stereocenters. The maximum Gasteiger partial charge on any atom is 0.271 e. The molecule has 0 bridgehead atoms. The van der Waals surface area contributed by atoms with Crippen molar-refractivity contribution in [2.75, 3.05) is 5.32 Å². The van der Waals surface area contributed by atoms with Gasteiger partial charge >= 0.3 is 0 Å². The van der Waals surface area contributed by atoms with E-state index >= 15 is 0 Å². The Balaban J connectivity index is 1.82. The van der Waals surface area contributed by atoms with Gasteiger partial charge < -0.3 is 10.1 Å². The van der Waals surface area contributed by atoms with Crippen LogP contribution >= 0.6 is 31.9 Å². The van der Waals surface area contributed by atoms with E-state index in [0.717, 1.165) is 14.5 Å². The first-order chi connectivity index (χ1) is 15.4. The van der Waals surface area contributed by atoms with Crippen LogP contribution in [0.2, 0.25) is 0 Å². The molecule has 0 aliphatic rings. The lowest BCUT2D eigenvalue weighted by atomic mass is 10.1. The first-order valence-electron chi connectivity index (χ1n) is 9.20. The molecule has 0 fully saturated rings. The molecule has 3 aromatic carbocycles. The molecule has 0 spiro atoms. The first kappa shape index (κ1) is 23.2. The predicted molar refractivity (Wildman–Crippen MR) is 128 cm³/mol. The Bertz CT molecular complexity index is 1230. The van der Waals surface area contributed by atoms with Crippen molar-refractivity contribution in [1.29, 1.82) is 5.26 Å². The second-order valence-electron chi connectivity index (χ2n) is 6.53. The van der Waals surface area contributed by atoms with Crippen LogP contribution < -0.4 is 10.1 Å². The molecule has 3 rings (SSSR count). The summed E-state index contributed by atoms with van der Waals surface area (Å²) in [4.78, 5) is 23.0. The summed E-state index contributed by atoms with van der Waals surface area (Å²) in [6, 6.07) is 20.3. The van der Waals surface area contributed by atoms with Gasteiger partial charge in [-0.25, -0.2) is 0 Å². The number of nitriles is 1. The molecular weight excluding hydrogens is 542 g/mol. The lowest BCUT2D eigenvalue weighted by molar-refractivity contribution is -0.384. The zero-order valence-corrected chi connectivity index (χ0v) is 19.6. The van der Waals surface area contributed by atoms with E-state index in [2.05, 4.69) is 37.2 Å². The van der Waals surface area contributed by atoms with Crippen LogP contribution in [0.1, 0.15) is 11.1 Å². The zero-order valence-electron chi connectivity index (χ0n) is 16.4. The first-order valence-corrected chi connectivity index (χ1v) is 10.8. The van der Waals surface area contributed by atoms with E-state index in [0.29, 0.717) is 17.9 Å². The summed E-state index contributed by atoms with van der Waals surface area (Å²) in [6.45, 7) is 0.303. The van der Waals surface area contributed by atoms with Crippen LogP contribution in [0.3, 0.4) is 0 Å². The van der Waals surface area contributed by atoms with E-state index in [-0.39, 0.29) is 16.9 Å². The molecule has 0 saturated heterocycles. The van der Waals surface area contributed by atoms with Crippen molar-refractivity contribution in [2.45, 2.75) is 6.61 Å². The number of nitrogens with zero attached hydrogens (tertiary/aromatic N) is 2. The van der Waals surface area contributed by atoms with Crippen LogP contribution in [0.5, 0.6) is 5.75 Å².